The number of fused-ring (bicyclic) bond motifs is 1. The summed E-state index contributed by atoms with van der Waals surface area (Å²) in [7, 11) is 0. The highest BCUT2D eigenvalue weighted by Crippen LogP contribution is 2.26. The molecule has 1 unspecified atom stereocenters. The van der Waals surface area contributed by atoms with Gasteiger partial charge in [0.15, 0.2) is 0 Å². The predicted octanol–water partition coefficient (Wildman–Crippen LogP) is 2.39. The molecule has 84 valence electrons. The van der Waals surface area contributed by atoms with Crippen molar-refractivity contribution in [3.8, 4) is 0 Å². The zero-order valence-corrected chi connectivity index (χ0v) is 9.27. The van der Waals surface area contributed by atoms with Crippen LogP contribution in [0.3, 0.4) is 0 Å². The maximum Gasteiger partial charge on any atom is 0.311 e. The van der Waals surface area contributed by atoms with Crippen LogP contribution in [0, 0.1) is 5.92 Å². The van der Waals surface area contributed by atoms with E-state index >= 15 is 0 Å². The summed E-state index contributed by atoms with van der Waals surface area (Å²) in [5.41, 5.74) is 2.56. The van der Waals surface area contributed by atoms with Crippen LogP contribution in [0.2, 0.25) is 0 Å². The van der Waals surface area contributed by atoms with Gasteiger partial charge in [0.05, 0.1) is 23.3 Å². The number of carbonyl (C=O) groups is 1. The number of carboxylic acids is 1. The van der Waals surface area contributed by atoms with Gasteiger partial charge in [0, 0.05) is 0 Å². The summed E-state index contributed by atoms with van der Waals surface area (Å²) < 4.78 is 0. The van der Waals surface area contributed by atoms with Gasteiger partial charge >= 0.3 is 5.97 Å². The minimum atomic E-state index is -0.783. The second-order valence-corrected chi connectivity index (χ2v) is 4.24. The molecule has 0 aliphatic rings. The first-order chi connectivity index (χ1) is 7.59. The summed E-state index contributed by atoms with van der Waals surface area (Å²) in [5, 5.41) is 9.19. The normalized spacial score (nSPS) is 13.2. The maximum atomic E-state index is 11.2. The molecule has 0 fully saturated rings. The van der Waals surface area contributed by atoms with E-state index in [2.05, 4.69) is 9.97 Å². The molecule has 0 spiro atoms. The largest absolute Gasteiger partial charge is 0.481 e. The van der Waals surface area contributed by atoms with E-state index in [-0.39, 0.29) is 5.92 Å². The van der Waals surface area contributed by atoms with Gasteiger partial charge in [-0.15, -0.1) is 0 Å². The number of hydrogen-bond donors (Lipinski definition) is 2. The van der Waals surface area contributed by atoms with Crippen LogP contribution >= 0.6 is 0 Å². The Hall–Kier alpha value is -1.84. The molecule has 16 heavy (non-hydrogen) atoms. The second-order valence-electron chi connectivity index (χ2n) is 4.24. The zero-order valence-electron chi connectivity index (χ0n) is 9.27. The summed E-state index contributed by atoms with van der Waals surface area (Å²) >= 11 is 0. The third kappa shape index (κ3) is 1.78. The van der Waals surface area contributed by atoms with Crippen molar-refractivity contribution in [1.29, 1.82) is 0 Å². The van der Waals surface area contributed by atoms with Crippen LogP contribution in [0.4, 0.5) is 0 Å². The maximum absolute atomic E-state index is 11.2. The first kappa shape index (κ1) is 10.7. The van der Waals surface area contributed by atoms with Gasteiger partial charge < -0.3 is 10.1 Å². The molecule has 0 bridgehead atoms. The van der Waals surface area contributed by atoms with Gasteiger partial charge in [-0.3, -0.25) is 4.79 Å². The van der Waals surface area contributed by atoms with Crippen LogP contribution in [0.5, 0.6) is 0 Å². The lowest BCUT2D eigenvalue weighted by atomic mass is 9.88. The van der Waals surface area contributed by atoms with E-state index in [0.29, 0.717) is 0 Å². The molecule has 4 nitrogen and oxygen atoms in total. The smallest absolute Gasteiger partial charge is 0.311 e. The molecule has 0 saturated carbocycles. The number of carboxylic acid groups (broad SMARTS) is 1. The Balaban J connectivity index is 2.48. The molecule has 2 rings (SSSR count). The van der Waals surface area contributed by atoms with Gasteiger partial charge in [-0.2, -0.15) is 0 Å². The van der Waals surface area contributed by atoms with Crippen LogP contribution < -0.4 is 0 Å². The lowest BCUT2D eigenvalue weighted by molar-refractivity contribution is -0.139. The van der Waals surface area contributed by atoms with Crippen molar-refractivity contribution < 1.29 is 9.90 Å². The molecule has 0 saturated heterocycles. The van der Waals surface area contributed by atoms with E-state index in [9.17, 15) is 9.90 Å². The fraction of sp³-hybridized carbons (Fsp3) is 0.333. The monoisotopic (exact) mass is 218 g/mol. The molecule has 0 amide bonds. The van der Waals surface area contributed by atoms with Crippen molar-refractivity contribution in [2.75, 3.05) is 0 Å². The average Bonchev–Trinajstić information content (AvgIpc) is 2.63. The molecule has 0 aliphatic heterocycles. The molecule has 1 aromatic carbocycles. The molecular weight excluding hydrogens is 204 g/mol. The fourth-order valence-electron chi connectivity index (χ4n) is 1.96. The van der Waals surface area contributed by atoms with Crippen molar-refractivity contribution >= 4 is 17.0 Å². The Morgan fingerprint density at radius 2 is 2.19 bits per heavy atom. The van der Waals surface area contributed by atoms with Crippen LogP contribution in [0.25, 0.3) is 11.0 Å². The number of rotatable bonds is 3. The molecule has 1 atom stereocenters. The van der Waals surface area contributed by atoms with Gasteiger partial charge in [-0.05, 0) is 23.6 Å². The summed E-state index contributed by atoms with van der Waals surface area (Å²) in [4.78, 5) is 18.3. The molecule has 2 N–H and O–H groups in total. The van der Waals surface area contributed by atoms with Gasteiger partial charge in [0.1, 0.15) is 0 Å². The van der Waals surface area contributed by atoms with Crippen LogP contribution in [-0.4, -0.2) is 21.0 Å². The number of aromatic amines is 1. The number of imidazole rings is 1. The van der Waals surface area contributed by atoms with Crippen LogP contribution in [-0.2, 0) is 4.79 Å². The molecule has 4 heteroatoms. The van der Waals surface area contributed by atoms with E-state index in [4.69, 9.17) is 0 Å². The lowest BCUT2D eigenvalue weighted by Gasteiger charge is -2.16. The number of nitrogens with one attached hydrogen (secondary N) is 1. The Kier molecular flexibility index (Phi) is 2.64. The molecule has 1 aromatic heterocycles. The highest BCUT2D eigenvalue weighted by molar-refractivity contribution is 5.80. The molecule has 0 aliphatic carbocycles. The van der Waals surface area contributed by atoms with Crippen molar-refractivity contribution in [2.45, 2.75) is 19.8 Å². The number of nitrogens with zero attached hydrogens (tertiary/aromatic N) is 1. The zero-order chi connectivity index (χ0) is 11.7. The van der Waals surface area contributed by atoms with Gasteiger partial charge in [0.2, 0.25) is 0 Å². The summed E-state index contributed by atoms with van der Waals surface area (Å²) in [5.74, 6) is -1.18. The first-order valence-electron chi connectivity index (χ1n) is 5.25. The van der Waals surface area contributed by atoms with Crippen LogP contribution in [0.15, 0.2) is 24.5 Å². The lowest BCUT2D eigenvalue weighted by Crippen LogP contribution is -2.17. The number of hydrogen-bond acceptors (Lipinski definition) is 2. The number of aliphatic carboxylic acids is 1. The Morgan fingerprint density at radius 1 is 1.44 bits per heavy atom. The predicted molar refractivity (Wildman–Crippen MR) is 61.3 cm³/mol. The minimum Gasteiger partial charge on any atom is -0.481 e. The molecule has 1 heterocycles. The van der Waals surface area contributed by atoms with E-state index in [1.165, 1.54) is 0 Å². The standard InChI is InChI=1S/C12H14N2O2/c1-7(2)11(12(15)16)8-3-4-9-10(5-8)14-6-13-9/h3-7,11H,1-2H3,(H,13,14)(H,15,16). The highest BCUT2D eigenvalue weighted by Gasteiger charge is 2.23. The van der Waals surface area contributed by atoms with E-state index < -0.39 is 11.9 Å². The third-order valence-electron chi connectivity index (χ3n) is 2.74. The summed E-state index contributed by atoms with van der Waals surface area (Å²) in [6.45, 7) is 3.83. The second kappa shape index (κ2) is 3.96. The van der Waals surface area contributed by atoms with Crippen LogP contribution in [0.1, 0.15) is 25.3 Å². The van der Waals surface area contributed by atoms with Crippen molar-refractivity contribution in [2.24, 2.45) is 5.92 Å². The first-order valence-corrected chi connectivity index (χ1v) is 5.25. The number of H-pyrrole nitrogens is 1. The van der Waals surface area contributed by atoms with E-state index in [1.54, 1.807) is 6.33 Å². The highest BCUT2D eigenvalue weighted by atomic mass is 16.4. The van der Waals surface area contributed by atoms with Gasteiger partial charge in [-0.1, -0.05) is 19.9 Å². The van der Waals surface area contributed by atoms with Crippen molar-refractivity contribution in [1.82, 2.24) is 9.97 Å². The SMILES string of the molecule is CC(C)C(C(=O)O)c1ccc2nc[nH]c2c1. The van der Waals surface area contributed by atoms with E-state index in [0.717, 1.165) is 16.6 Å². The van der Waals surface area contributed by atoms with Gasteiger partial charge in [-0.25, -0.2) is 4.98 Å². The molecule has 2 aromatic rings. The Morgan fingerprint density at radius 3 is 2.81 bits per heavy atom. The molecule has 0 radical (unpaired) electrons. The van der Waals surface area contributed by atoms with Crippen molar-refractivity contribution in [3.63, 3.8) is 0 Å². The number of benzene rings is 1. The summed E-state index contributed by atoms with van der Waals surface area (Å²) in [6.07, 6.45) is 1.61. The topological polar surface area (TPSA) is 66.0 Å². The molecular formula is C12H14N2O2. The fourth-order valence-corrected chi connectivity index (χ4v) is 1.96. The summed E-state index contributed by atoms with van der Waals surface area (Å²) in [6, 6.07) is 5.54. The quantitative estimate of drug-likeness (QED) is 0.831. The third-order valence-corrected chi connectivity index (χ3v) is 2.74. The number of aromatic nitrogens is 2. The average molecular weight is 218 g/mol. The van der Waals surface area contributed by atoms with Crippen molar-refractivity contribution in [3.05, 3.63) is 30.1 Å². The Labute approximate surface area is 93.3 Å². The van der Waals surface area contributed by atoms with Gasteiger partial charge in [0.25, 0.3) is 0 Å². The minimum absolute atomic E-state index is 0.0675. The Bertz CT molecular complexity index is 516. The van der Waals surface area contributed by atoms with E-state index in [1.807, 2.05) is 32.0 Å².